The first-order valence-electron chi connectivity index (χ1n) is 9.52. The minimum Gasteiger partial charge on any atom is -0.342 e. The highest BCUT2D eigenvalue weighted by Gasteiger charge is 2.25. The van der Waals surface area contributed by atoms with E-state index in [1.54, 1.807) is 7.05 Å². The van der Waals surface area contributed by atoms with Crippen molar-refractivity contribution in [3.63, 3.8) is 0 Å². The molecule has 28 heavy (non-hydrogen) atoms. The summed E-state index contributed by atoms with van der Waals surface area (Å²) in [5.74, 6) is 1.46. The van der Waals surface area contributed by atoms with E-state index >= 15 is 0 Å². The summed E-state index contributed by atoms with van der Waals surface area (Å²) in [5, 5.41) is 0. The van der Waals surface area contributed by atoms with Crippen molar-refractivity contribution in [1.82, 2.24) is 18.7 Å². The normalized spacial score (nSPS) is 15.5. The number of nitrogens with zero attached hydrogens (tertiary/aromatic N) is 5. The Kier molecular flexibility index (Phi) is 4.91. The molecule has 3 aromatic rings. The molecule has 1 saturated heterocycles. The number of rotatable bonds is 3. The Morgan fingerprint density at radius 1 is 1.14 bits per heavy atom. The molecule has 0 aliphatic carbocycles. The number of fused-ring (bicyclic) bond motifs is 1. The number of anilines is 1. The van der Waals surface area contributed by atoms with Crippen molar-refractivity contribution in [2.75, 3.05) is 18.0 Å². The first-order valence-corrected chi connectivity index (χ1v) is 10.3. The summed E-state index contributed by atoms with van der Waals surface area (Å²) in [4.78, 5) is 32.4. The topological polar surface area (TPSA) is 65.1 Å². The Balaban J connectivity index is 1.94. The molecule has 1 aliphatic heterocycles. The zero-order chi connectivity index (χ0) is 20.0. The van der Waals surface area contributed by atoms with Crippen molar-refractivity contribution in [3.05, 3.63) is 55.1 Å². The molecule has 0 radical (unpaired) electrons. The molecule has 0 amide bonds. The van der Waals surface area contributed by atoms with Gasteiger partial charge < -0.3 is 4.90 Å². The lowest BCUT2D eigenvalue weighted by Gasteiger charge is -2.31. The Hall–Kier alpha value is -2.35. The fourth-order valence-corrected chi connectivity index (χ4v) is 4.30. The van der Waals surface area contributed by atoms with E-state index in [0.717, 1.165) is 46.5 Å². The summed E-state index contributed by atoms with van der Waals surface area (Å²) < 4.78 is 5.57. The summed E-state index contributed by atoms with van der Waals surface area (Å²) >= 11 is 3.52. The van der Waals surface area contributed by atoms with Gasteiger partial charge in [0.15, 0.2) is 11.2 Å². The number of imidazole rings is 1. The number of hydrogen-bond acceptors (Lipinski definition) is 4. The predicted octanol–water partition coefficient (Wildman–Crippen LogP) is 2.48. The van der Waals surface area contributed by atoms with Crippen LogP contribution in [0.4, 0.5) is 5.95 Å². The number of hydrogen-bond donors (Lipinski definition) is 0. The van der Waals surface area contributed by atoms with Crippen LogP contribution in [-0.2, 0) is 20.6 Å². The maximum absolute atomic E-state index is 13.0. The molecule has 0 atom stereocenters. The van der Waals surface area contributed by atoms with Gasteiger partial charge in [-0.3, -0.25) is 18.5 Å². The molecule has 7 nitrogen and oxygen atoms in total. The maximum atomic E-state index is 13.0. The SMILES string of the molecule is CC1CCN(c2nc3c(c(=O)n(C)c(=O)n3C)n2Cc2cccc(Br)c2)CC1. The number of aromatic nitrogens is 4. The summed E-state index contributed by atoms with van der Waals surface area (Å²) in [7, 11) is 3.19. The minimum atomic E-state index is -0.358. The van der Waals surface area contributed by atoms with E-state index in [1.807, 2.05) is 28.8 Å². The fraction of sp³-hybridized carbons (Fsp3) is 0.450. The molecule has 3 heterocycles. The van der Waals surface area contributed by atoms with Gasteiger partial charge in [-0.1, -0.05) is 35.0 Å². The van der Waals surface area contributed by atoms with E-state index < -0.39 is 0 Å². The van der Waals surface area contributed by atoms with Crippen LogP contribution in [0.15, 0.2) is 38.3 Å². The zero-order valence-corrected chi connectivity index (χ0v) is 17.9. The van der Waals surface area contributed by atoms with Crippen LogP contribution in [0, 0.1) is 5.92 Å². The van der Waals surface area contributed by atoms with Crippen molar-refractivity contribution in [2.24, 2.45) is 20.0 Å². The predicted molar refractivity (Wildman–Crippen MR) is 114 cm³/mol. The first-order chi connectivity index (χ1) is 13.4. The van der Waals surface area contributed by atoms with E-state index in [2.05, 4.69) is 27.8 Å². The molecule has 0 N–H and O–H groups in total. The Morgan fingerprint density at radius 2 is 1.86 bits per heavy atom. The molecule has 0 spiro atoms. The van der Waals surface area contributed by atoms with Gasteiger partial charge in [-0.15, -0.1) is 0 Å². The highest BCUT2D eigenvalue weighted by atomic mass is 79.9. The smallest absolute Gasteiger partial charge is 0.332 e. The molecule has 1 aromatic carbocycles. The maximum Gasteiger partial charge on any atom is 0.332 e. The van der Waals surface area contributed by atoms with E-state index in [0.29, 0.717) is 23.6 Å². The summed E-state index contributed by atoms with van der Waals surface area (Å²) in [6.07, 6.45) is 2.19. The van der Waals surface area contributed by atoms with Gasteiger partial charge in [0.1, 0.15) is 0 Å². The van der Waals surface area contributed by atoms with Gasteiger partial charge in [0, 0.05) is 31.7 Å². The summed E-state index contributed by atoms with van der Waals surface area (Å²) in [6.45, 7) is 4.58. The van der Waals surface area contributed by atoms with Crippen LogP contribution >= 0.6 is 15.9 Å². The highest BCUT2D eigenvalue weighted by molar-refractivity contribution is 9.10. The molecule has 2 aromatic heterocycles. The number of piperidine rings is 1. The van der Waals surface area contributed by atoms with Gasteiger partial charge in [-0.2, -0.15) is 4.98 Å². The van der Waals surface area contributed by atoms with Crippen molar-refractivity contribution in [3.8, 4) is 0 Å². The van der Waals surface area contributed by atoms with E-state index in [4.69, 9.17) is 4.98 Å². The standard InChI is InChI=1S/C20H24BrN5O2/c1-13-7-9-25(10-8-13)19-22-17-16(18(27)24(3)20(28)23(17)2)26(19)12-14-5-4-6-15(21)11-14/h4-6,11,13H,7-10,12H2,1-3H3. The first kappa shape index (κ1) is 19.0. The molecule has 1 fully saturated rings. The van der Waals surface area contributed by atoms with Crippen LogP contribution in [0.2, 0.25) is 0 Å². The number of halogens is 1. The van der Waals surface area contributed by atoms with Crippen LogP contribution in [0.25, 0.3) is 11.2 Å². The van der Waals surface area contributed by atoms with Crippen molar-refractivity contribution in [1.29, 1.82) is 0 Å². The molecule has 148 valence electrons. The second-order valence-electron chi connectivity index (χ2n) is 7.68. The molecular formula is C20H24BrN5O2. The second-order valence-corrected chi connectivity index (χ2v) is 8.59. The molecule has 8 heteroatoms. The molecule has 0 unspecified atom stereocenters. The third kappa shape index (κ3) is 3.19. The monoisotopic (exact) mass is 445 g/mol. The molecular weight excluding hydrogens is 422 g/mol. The van der Waals surface area contributed by atoms with E-state index in [1.165, 1.54) is 11.6 Å². The molecule has 0 bridgehead atoms. The molecule has 4 rings (SSSR count). The number of aryl methyl sites for hydroxylation is 1. The van der Waals surface area contributed by atoms with Gasteiger partial charge in [-0.05, 0) is 36.5 Å². The Morgan fingerprint density at radius 3 is 2.54 bits per heavy atom. The zero-order valence-electron chi connectivity index (χ0n) is 16.4. The van der Waals surface area contributed by atoms with Gasteiger partial charge >= 0.3 is 5.69 Å². The van der Waals surface area contributed by atoms with Crippen molar-refractivity contribution >= 4 is 33.0 Å². The van der Waals surface area contributed by atoms with Gasteiger partial charge in [0.05, 0.1) is 6.54 Å². The summed E-state index contributed by atoms with van der Waals surface area (Å²) in [5.41, 5.74) is 1.31. The van der Waals surface area contributed by atoms with Gasteiger partial charge in [0.25, 0.3) is 5.56 Å². The highest BCUT2D eigenvalue weighted by Crippen LogP contribution is 2.26. The lowest BCUT2D eigenvalue weighted by atomic mass is 10.00. The second kappa shape index (κ2) is 7.24. The van der Waals surface area contributed by atoms with Crippen LogP contribution in [-0.4, -0.2) is 31.8 Å². The van der Waals surface area contributed by atoms with Crippen molar-refractivity contribution in [2.45, 2.75) is 26.3 Å². The number of benzene rings is 1. The lowest BCUT2D eigenvalue weighted by Crippen LogP contribution is -2.38. The van der Waals surface area contributed by atoms with E-state index in [9.17, 15) is 9.59 Å². The van der Waals surface area contributed by atoms with Gasteiger partial charge in [-0.25, -0.2) is 4.79 Å². The van der Waals surface area contributed by atoms with Crippen LogP contribution in [0.5, 0.6) is 0 Å². The van der Waals surface area contributed by atoms with Crippen LogP contribution in [0.1, 0.15) is 25.3 Å². The molecule has 1 aliphatic rings. The van der Waals surface area contributed by atoms with E-state index in [-0.39, 0.29) is 11.2 Å². The average Bonchev–Trinajstić information content (AvgIpc) is 3.04. The van der Waals surface area contributed by atoms with Crippen LogP contribution in [0.3, 0.4) is 0 Å². The fourth-order valence-electron chi connectivity index (χ4n) is 3.85. The molecule has 0 saturated carbocycles. The third-order valence-corrected chi connectivity index (χ3v) is 6.12. The Labute approximate surface area is 171 Å². The lowest BCUT2D eigenvalue weighted by molar-refractivity contribution is 0.432. The summed E-state index contributed by atoms with van der Waals surface area (Å²) in [6, 6.07) is 8.03. The minimum absolute atomic E-state index is 0.308. The van der Waals surface area contributed by atoms with Crippen LogP contribution < -0.4 is 16.1 Å². The largest absolute Gasteiger partial charge is 0.342 e. The Bertz CT molecular complexity index is 1150. The third-order valence-electron chi connectivity index (χ3n) is 5.62. The quantitative estimate of drug-likeness (QED) is 0.620. The van der Waals surface area contributed by atoms with Gasteiger partial charge in [0.2, 0.25) is 5.95 Å². The van der Waals surface area contributed by atoms with Crippen molar-refractivity contribution < 1.29 is 0 Å². The average molecular weight is 446 g/mol.